The first-order valence-corrected chi connectivity index (χ1v) is 8.42. The molecule has 0 bridgehead atoms. The predicted molar refractivity (Wildman–Crippen MR) is 86.6 cm³/mol. The molecule has 4 nitrogen and oxygen atoms in total. The van der Waals surface area contributed by atoms with E-state index in [1.807, 2.05) is 0 Å². The van der Waals surface area contributed by atoms with E-state index < -0.39 is 0 Å². The van der Waals surface area contributed by atoms with Gasteiger partial charge in [-0.15, -0.1) is 0 Å². The van der Waals surface area contributed by atoms with Gasteiger partial charge in [-0.1, -0.05) is 19.3 Å². The number of hydrogen-bond donors (Lipinski definition) is 1. The van der Waals surface area contributed by atoms with Gasteiger partial charge in [0.15, 0.2) is 0 Å². The molecule has 21 heavy (non-hydrogen) atoms. The van der Waals surface area contributed by atoms with Gasteiger partial charge in [0.05, 0.1) is 12.3 Å². The summed E-state index contributed by atoms with van der Waals surface area (Å²) in [7, 11) is 1.76. The van der Waals surface area contributed by atoms with Crippen LogP contribution in [0.1, 0.15) is 50.4 Å². The van der Waals surface area contributed by atoms with Crippen LogP contribution in [0.3, 0.4) is 0 Å². The molecule has 0 aromatic carbocycles. The Balaban J connectivity index is 2.04. The second-order valence-corrected chi connectivity index (χ2v) is 6.50. The quantitative estimate of drug-likeness (QED) is 0.749. The van der Waals surface area contributed by atoms with Crippen LogP contribution in [0.2, 0.25) is 0 Å². The van der Waals surface area contributed by atoms with E-state index in [1.165, 1.54) is 37.8 Å². The number of rotatable bonds is 8. The molecule has 1 aliphatic carbocycles. The molecule has 0 amide bonds. The molecule has 1 heterocycles. The molecule has 1 aromatic rings. The summed E-state index contributed by atoms with van der Waals surface area (Å²) in [4.78, 5) is 0. The van der Waals surface area contributed by atoms with Gasteiger partial charge < -0.3 is 10.1 Å². The van der Waals surface area contributed by atoms with Gasteiger partial charge in [0, 0.05) is 32.4 Å². The summed E-state index contributed by atoms with van der Waals surface area (Å²) >= 11 is 0. The van der Waals surface area contributed by atoms with E-state index in [0.717, 1.165) is 38.4 Å². The Morgan fingerprint density at radius 2 is 2.10 bits per heavy atom. The van der Waals surface area contributed by atoms with E-state index >= 15 is 0 Å². The van der Waals surface area contributed by atoms with Crippen LogP contribution in [-0.2, 0) is 17.7 Å². The summed E-state index contributed by atoms with van der Waals surface area (Å²) in [6.07, 6.45) is 7.95. The van der Waals surface area contributed by atoms with Crippen molar-refractivity contribution >= 4 is 0 Å². The van der Waals surface area contributed by atoms with Crippen molar-refractivity contribution in [3.63, 3.8) is 0 Å². The van der Waals surface area contributed by atoms with E-state index in [4.69, 9.17) is 4.74 Å². The largest absolute Gasteiger partial charge is 0.383 e. The minimum absolute atomic E-state index is 0.408. The lowest BCUT2D eigenvalue weighted by Gasteiger charge is -2.38. The maximum absolute atomic E-state index is 5.15. The van der Waals surface area contributed by atoms with Crippen LogP contribution in [0.15, 0.2) is 6.07 Å². The molecule has 0 atom stereocenters. The maximum Gasteiger partial charge on any atom is 0.0596 e. The molecule has 0 radical (unpaired) electrons. The molecule has 0 aliphatic heterocycles. The van der Waals surface area contributed by atoms with Gasteiger partial charge in [-0.2, -0.15) is 5.10 Å². The van der Waals surface area contributed by atoms with Crippen LogP contribution < -0.4 is 5.32 Å². The highest BCUT2D eigenvalue weighted by Gasteiger charge is 2.32. The van der Waals surface area contributed by atoms with E-state index in [1.54, 1.807) is 7.11 Å². The maximum atomic E-state index is 5.15. The molecule has 1 fully saturated rings. The highest BCUT2D eigenvalue weighted by atomic mass is 16.5. The second kappa shape index (κ2) is 7.95. The Bertz CT molecular complexity index is 422. The zero-order valence-corrected chi connectivity index (χ0v) is 14.0. The number of nitrogens with one attached hydrogen (secondary N) is 1. The molecule has 1 saturated carbocycles. The smallest absolute Gasteiger partial charge is 0.0596 e. The van der Waals surface area contributed by atoms with Crippen molar-refractivity contribution in [3.8, 4) is 0 Å². The lowest BCUT2D eigenvalue weighted by atomic mass is 9.71. The standard InChI is InChI=1S/C17H31N3O/c1-4-20-16(12-15(2)19-20)13-17(8-6-5-7-9-17)14-18-10-11-21-3/h12,18H,4-11,13-14H2,1-3H3. The van der Waals surface area contributed by atoms with Crippen molar-refractivity contribution in [2.24, 2.45) is 5.41 Å². The Morgan fingerprint density at radius 3 is 2.76 bits per heavy atom. The van der Waals surface area contributed by atoms with Crippen LogP contribution in [0.4, 0.5) is 0 Å². The molecule has 0 unspecified atom stereocenters. The summed E-state index contributed by atoms with van der Waals surface area (Å²) in [5, 5.41) is 8.22. The second-order valence-electron chi connectivity index (χ2n) is 6.50. The summed E-state index contributed by atoms with van der Waals surface area (Å²) in [6.45, 7) is 8.09. The Hall–Kier alpha value is -0.870. The molecular weight excluding hydrogens is 262 g/mol. The fourth-order valence-electron chi connectivity index (χ4n) is 3.65. The van der Waals surface area contributed by atoms with Crippen LogP contribution >= 0.6 is 0 Å². The Kier molecular flexibility index (Phi) is 6.24. The number of methoxy groups -OCH3 is 1. The SMILES string of the molecule is CCn1nc(C)cc1CC1(CNCCOC)CCCCC1. The van der Waals surface area contributed by atoms with Crippen LogP contribution in [0.25, 0.3) is 0 Å². The van der Waals surface area contributed by atoms with Crippen LogP contribution in [-0.4, -0.2) is 36.6 Å². The highest BCUT2D eigenvalue weighted by molar-refractivity contribution is 5.12. The highest BCUT2D eigenvalue weighted by Crippen LogP contribution is 2.38. The van der Waals surface area contributed by atoms with E-state index in [0.29, 0.717) is 5.41 Å². The zero-order chi connectivity index (χ0) is 15.1. The van der Waals surface area contributed by atoms with Crippen LogP contribution in [0.5, 0.6) is 0 Å². The molecule has 0 saturated heterocycles. The van der Waals surface area contributed by atoms with E-state index in [-0.39, 0.29) is 0 Å². The van der Waals surface area contributed by atoms with Crippen molar-refractivity contribution in [1.82, 2.24) is 15.1 Å². The van der Waals surface area contributed by atoms with Gasteiger partial charge in [0.1, 0.15) is 0 Å². The molecule has 2 rings (SSSR count). The van der Waals surface area contributed by atoms with Crippen molar-refractivity contribution in [2.75, 3.05) is 26.8 Å². The third-order valence-corrected chi connectivity index (χ3v) is 4.74. The summed E-state index contributed by atoms with van der Waals surface area (Å²) in [5.74, 6) is 0. The molecule has 4 heteroatoms. The monoisotopic (exact) mass is 293 g/mol. The van der Waals surface area contributed by atoms with Gasteiger partial charge >= 0.3 is 0 Å². The lowest BCUT2D eigenvalue weighted by Crippen LogP contribution is -2.39. The van der Waals surface area contributed by atoms with Gasteiger partial charge in [-0.25, -0.2) is 0 Å². The topological polar surface area (TPSA) is 39.1 Å². The first-order chi connectivity index (χ1) is 10.2. The van der Waals surface area contributed by atoms with Crippen molar-refractivity contribution in [1.29, 1.82) is 0 Å². The molecule has 1 aromatic heterocycles. The van der Waals surface area contributed by atoms with Gasteiger partial charge in [0.2, 0.25) is 0 Å². The number of hydrogen-bond acceptors (Lipinski definition) is 3. The average Bonchev–Trinajstić information content (AvgIpc) is 2.84. The average molecular weight is 293 g/mol. The van der Waals surface area contributed by atoms with Crippen molar-refractivity contribution < 1.29 is 4.74 Å². The third-order valence-electron chi connectivity index (χ3n) is 4.74. The number of ether oxygens (including phenoxy) is 1. The predicted octanol–water partition coefficient (Wildman–Crippen LogP) is 2.94. The summed E-state index contributed by atoms with van der Waals surface area (Å²) < 4.78 is 7.33. The summed E-state index contributed by atoms with van der Waals surface area (Å²) in [6, 6.07) is 2.27. The number of aryl methyl sites for hydroxylation is 2. The Labute approximate surface area is 129 Å². The first kappa shape index (κ1) is 16.5. The summed E-state index contributed by atoms with van der Waals surface area (Å²) in [5.41, 5.74) is 2.96. The van der Waals surface area contributed by atoms with Gasteiger partial charge in [-0.05, 0) is 44.6 Å². The fraction of sp³-hybridized carbons (Fsp3) is 0.824. The fourth-order valence-corrected chi connectivity index (χ4v) is 3.65. The van der Waals surface area contributed by atoms with E-state index in [2.05, 4.69) is 35.0 Å². The lowest BCUT2D eigenvalue weighted by molar-refractivity contribution is 0.160. The van der Waals surface area contributed by atoms with Crippen molar-refractivity contribution in [2.45, 2.75) is 58.9 Å². The first-order valence-electron chi connectivity index (χ1n) is 8.42. The van der Waals surface area contributed by atoms with Crippen molar-refractivity contribution in [3.05, 3.63) is 17.5 Å². The minimum atomic E-state index is 0.408. The molecule has 1 N–H and O–H groups in total. The van der Waals surface area contributed by atoms with Crippen LogP contribution in [0, 0.1) is 12.3 Å². The number of aromatic nitrogens is 2. The molecule has 120 valence electrons. The third kappa shape index (κ3) is 4.55. The minimum Gasteiger partial charge on any atom is -0.383 e. The van der Waals surface area contributed by atoms with E-state index in [9.17, 15) is 0 Å². The Morgan fingerprint density at radius 1 is 1.33 bits per heavy atom. The molecular formula is C17H31N3O. The normalized spacial score (nSPS) is 18.0. The van der Waals surface area contributed by atoms with Gasteiger partial charge in [-0.3, -0.25) is 4.68 Å². The number of nitrogens with zero attached hydrogens (tertiary/aromatic N) is 2. The molecule has 0 spiro atoms. The van der Waals surface area contributed by atoms with Gasteiger partial charge in [0.25, 0.3) is 0 Å². The molecule has 1 aliphatic rings. The zero-order valence-electron chi connectivity index (χ0n) is 14.0.